The predicted molar refractivity (Wildman–Crippen MR) is 78.7 cm³/mol. The van der Waals surface area contributed by atoms with Crippen LogP contribution in [0.4, 0.5) is 0 Å². The Kier molecular flexibility index (Phi) is 3.12. The number of furan rings is 1. The molecule has 1 aromatic carbocycles. The van der Waals surface area contributed by atoms with Gasteiger partial charge < -0.3 is 9.73 Å². The third kappa shape index (κ3) is 2.17. The Labute approximate surface area is 116 Å². The smallest absolute Gasteiger partial charge is 0.137 e. The van der Waals surface area contributed by atoms with Gasteiger partial charge in [0.05, 0.1) is 5.01 Å². The van der Waals surface area contributed by atoms with E-state index >= 15 is 0 Å². The van der Waals surface area contributed by atoms with E-state index in [1.807, 2.05) is 20.2 Å². The van der Waals surface area contributed by atoms with Crippen LogP contribution < -0.4 is 5.32 Å². The second-order valence-corrected chi connectivity index (χ2v) is 5.91. The van der Waals surface area contributed by atoms with Gasteiger partial charge in [0.2, 0.25) is 0 Å². The average Bonchev–Trinajstić information content (AvgIpc) is 2.98. The van der Waals surface area contributed by atoms with Gasteiger partial charge in [-0.15, -0.1) is 11.3 Å². The first kappa shape index (κ1) is 12.4. The molecule has 0 aliphatic heterocycles. The normalized spacial score (nSPS) is 13.0. The number of thiazole rings is 1. The maximum atomic E-state index is 6.03. The molecule has 0 spiro atoms. The van der Waals surface area contributed by atoms with Crippen molar-refractivity contribution in [3.05, 3.63) is 51.7 Å². The molecule has 19 heavy (non-hydrogen) atoms. The number of nitrogens with zero attached hydrogens (tertiary/aromatic N) is 1. The van der Waals surface area contributed by atoms with Crippen LogP contribution in [0.15, 0.2) is 34.9 Å². The van der Waals surface area contributed by atoms with Crippen LogP contribution in [0.25, 0.3) is 11.0 Å². The van der Waals surface area contributed by atoms with Gasteiger partial charge in [0.1, 0.15) is 17.4 Å². The van der Waals surface area contributed by atoms with E-state index in [9.17, 15) is 0 Å². The molecular formula is C15H16N2OS. The quantitative estimate of drug-likeness (QED) is 0.787. The van der Waals surface area contributed by atoms with Crippen LogP contribution in [0.1, 0.15) is 27.3 Å². The summed E-state index contributed by atoms with van der Waals surface area (Å²) in [7, 11) is 1.94. The van der Waals surface area contributed by atoms with Crippen molar-refractivity contribution < 1.29 is 4.42 Å². The van der Waals surface area contributed by atoms with Crippen molar-refractivity contribution in [3.63, 3.8) is 0 Å². The Morgan fingerprint density at radius 2 is 2.16 bits per heavy atom. The minimum absolute atomic E-state index is 0.0676. The lowest BCUT2D eigenvalue weighted by Gasteiger charge is -2.10. The molecule has 1 atom stereocenters. The zero-order valence-corrected chi connectivity index (χ0v) is 12.0. The van der Waals surface area contributed by atoms with Gasteiger partial charge in [0, 0.05) is 16.5 Å². The van der Waals surface area contributed by atoms with Crippen LogP contribution in [-0.4, -0.2) is 12.0 Å². The summed E-state index contributed by atoms with van der Waals surface area (Å²) in [4.78, 5) is 5.50. The molecule has 3 nitrogen and oxygen atoms in total. The summed E-state index contributed by atoms with van der Waals surface area (Å²) in [5.74, 6) is 0.940. The Balaban J connectivity index is 2.09. The fourth-order valence-corrected chi connectivity index (χ4v) is 3.21. The monoisotopic (exact) mass is 272 g/mol. The van der Waals surface area contributed by atoms with E-state index < -0.39 is 0 Å². The first-order valence-electron chi connectivity index (χ1n) is 6.27. The van der Waals surface area contributed by atoms with E-state index in [4.69, 9.17) is 4.42 Å². The van der Waals surface area contributed by atoms with Crippen LogP contribution in [-0.2, 0) is 0 Å². The molecule has 98 valence electrons. The van der Waals surface area contributed by atoms with E-state index in [0.29, 0.717) is 0 Å². The fraction of sp³-hybridized carbons (Fsp3) is 0.267. The van der Waals surface area contributed by atoms with Gasteiger partial charge in [-0.2, -0.15) is 0 Å². The van der Waals surface area contributed by atoms with Crippen molar-refractivity contribution in [2.45, 2.75) is 19.9 Å². The van der Waals surface area contributed by atoms with Crippen molar-refractivity contribution in [2.75, 3.05) is 7.05 Å². The van der Waals surface area contributed by atoms with Gasteiger partial charge in [-0.1, -0.05) is 18.2 Å². The third-order valence-corrected chi connectivity index (χ3v) is 4.23. The van der Waals surface area contributed by atoms with Gasteiger partial charge in [0.15, 0.2) is 0 Å². The standard InChI is InChI=1S/C15H16N2OS/c1-9-5-4-6-11-7-12(18-15(9)11)14(16-3)13-8-17-10(2)19-13/h4-8,14,16H,1-3H3. The molecule has 0 saturated heterocycles. The average molecular weight is 272 g/mol. The molecule has 1 unspecified atom stereocenters. The number of para-hydroxylation sites is 1. The van der Waals surface area contributed by atoms with E-state index in [2.05, 4.69) is 41.5 Å². The number of aromatic nitrogens is 1. The molecule has 3 rings (SSSR count). The highest BCUT2D eigenvalue weighted by Gasteiger charge is 2.19. The summed E-state index contributed by atoms with van der Waals surface area (Å²) >= 11 is 1.70. The Bertz CT molecular complexity index is 714. The highest BCUT2D eigenvalue weighted by Crippen LogP contribution is 2.31. The molecule has 1 N–H and O–H groups in total. The van der Waals surface area contributed by atoms with E-state index in [-0.39, 0.29) is 6.04 Å². The van der Waals surface area contributed by atoms with Gasteiger partial charge in [-0.05, 0) is 32.5 Å². The molecule has 3 aromatic rings. The second kappa shape index (κ2) is 4.79. The van der Waals surface area contributed by atoms with Gasteiger partial charge in [-0.3, -0.25) is 0 Å². The number of benzene rings is 1. The summed E-state index contributed by atoms with van der Waals surface area (Å²) in [6.07, 6.45) is 1.92. The number of nitrogens with one attached hydrogen (secondary N) is 1. The van der Waals surface area contributed by atoms with Gasteiger partial charge >= 0.3 is 0 Å². The zero-order chi connectivity index (χ0) is 13.4. The van der Waals surface area contributed by atoms with E-state index in [1.165, 1.54) is 10.4 Å². The molecule has 0 amide bonds. The Morgan fingerprint density at radius 1 is 1.32 bits per heavy atom. The molecule has 0 fully saturated rings. The predicted octanol–water partition coefficient (Wildman–Crippen LogP) is 3.81. The number of hydrogen-bond donors (Lipinski definition) is 1. The summed E-state index contributed by atoms with van der Waals surface area (Å²) in [5.41, 5.74) is 2.14. The molecule has 0 aliphatic carbocycles. The Morgan fingerprint density at radius 3 is 2.79 bits per heavy atom. The van der Waals surface area contributed by atoms with Crippen LogP contribution in [0.2, 0.25) is 0 Å². The summed E-state index contributed by atoms with van der Waals surface area (Å²) in [6, 6.07) is 8.39. The van der Waals surface area contributed by atoms with E-state index in [1.54, 1.807) is 11.3 Å². The first-order chi connectivity index (χ1) is 9.19. The van der Waals surface area contributed by atoms with Crippen molar-refractivity contribution in [2.24, 2.45) is 0 Å². The number of rotatable bonds is 3. The van der Waals surface area contributed by atoms with E-state index in [0.717, 1.165) is 21.7 Å². The molecule has 0 bridgehead atoms. The largest absolute Gasteiger partial charge is 0.459 e. The zero-order valence-electron chi connectivity index (χ0n) is 11.2. The van der Waals surface area contributed by atoms with Crippen LogP contribution in [0.3, 0.4) is 0 Å². The maximum Gasteiger partial charge on any atom is 0.137 e. The summed E-state index contributed by atoms with van der Waals surface area (Å²) in [5, 5.41) is 5.53. The van der Waals surface area contributed by atoms with Crippen LogP contribution >= 0.6 is 11.3 Å². The number of hydrogen-bond acceptors (Lipinski definition) is 4. The maximum absolute atomic E-state index is 6.03. The molecule has 2 aromatic heterocycles. The first-order valence-corrected chi connectivity index (χ1v) is 7.09. The molecule has 0 radical (unpaired) electrons. The SMILES string of the molecule is CNC(c1cc2cccc(C)c2o1)c1cnc(C)s1. The number of fused-ring (bicyclic) bond motifs is 1. The molecular weight excluding hydrogens is 256 g/mol. The molecule has 0 saturated carbocycles. The molecule has 0 aliphatic rings. The van der Waals surface area contributed by atoms with Crippen LogP contribution in [0.5, 0.6) is 0 Å². The fourth-order valence-electron chi connectivity index (χ4n) is 2.31. The second-order valence-electron chi connectivity index (χ2n) is 4.65. The van der Waals surface area contributed by atoms with Gasteiger partial charge in [0.25, 0.3) is 0 Å². The van der Waals surface area contributed by atoms with Crippen molar-refractivity contribution in [1.29, 1.82) is 0 Å². The lowest BCUT2D eigenvalue weighted by Crippen LogP contribution is -2.15. The summed E-state index contributed by atoms with van der Waals surface area (Å²) < 4.78 is 6.03. The van der Waals surface area contributed by atoms with Crippen molar-refractivity contribution in [3.8, 4) is 0 Å². The Hall–Kier alpha value is -1.65. The van der Waals surface area contributed by atoms with Crippen LogP contribution in [0, 0.1) is 13.8 Å². The van der Waals surface area contributed by atoms with Crippen molar-refractivity contribution in [1.82, 2.24) is 10.3 Å². The highest BCUT2D eigenvalue weighted by atomic mass is 32.1. The lowest BCUT2D eigenvalue weighted by molar-refractivity contribution is 0.494. The minimum Gasteiger partial charge on any atom is -0.459 e. The third-order valence-electron chi connectivity index (χ3n) is 3.26. The van der Waals surface area contributed by atoms with Crippen molar-refractivity contribution >= 4 is 22.3 Å². The lowest BCUT2D eigenvalue weighted by atomic mass is 10.1. The molecule has 4 heteroatoms. The highest BCUT2D eigenvalue weighted by molar-refractivity contribution is 7.11. The minimum atomic E-state index is 0.0676. The topological polar surface area (TPSA) is 38.1 Å². The number of aryl methyl sites for hydroxylation is 2. The summed E-state index contributed by atoms with van der Waals surface area (Å²) in [6.45, 7) is 4.09. The molecule has 2 heterocycles. The van der Waals surface area contributed by atoms with Gasteiger partial charge in [-0.25, -0.2) is 4.98 Å².